The number of nitrogens with one attached hydrogen (secondary N) is 3. The van der Waals surface area contributed by atoms with Gasteiger partial charge in [0.25, 0.3) is 12.0 Å². The second kappa shape index (κ2) is 11.2. The van der Waals surface area contributed by atoms with Crippen molar-refractivity contribution in [2.75, 3.05) is 7.11 Å². The molecule has 1 aromatic carbocycles. The van der Waals surface area contributed by atoms with Crippen LogP contribution in [0.3, 0.4) is 0 Å². The summed E-state index contributed by atoms with van der Waals surface area (Å²) >= 11 is 12.6. The predicted molar refractivity (Wildman–Crippen MR) is 144 cm³/mol. The third kappa shape index (κ3) is 5.84. The number of pyridine rings is 1. The van der Waals surface area contributed by atoms with Crippen molar-refractivity contribution in [3.63, 3.8) is 0 Å². The van der Waals surface area contributed by atoms with Gasteiger partial charge in [0.2, 0.25) is 21.8 Å². The maximum Gasteiger partial charge on any atom is 0.349 e. The summed E-state index contributed by atoms with van der Waals surface area (Å²) in [5.74, 6) is -1.02. The fourth-order valence-corrected chi connectivity index (χ4v) is 6.25. The maximum absolute atomic E-state index is 13.4. The Labute approximate surface area is 246 Å². The van der Waals surface area contributed by atoms with E-state index in [0.717, 1.165) is 43.7 Å². The maximum atomic E-state index is 13.4. The van der Waals surface area contributed by atoms with Crippen molar-refractivity contribution in [1.82, 2.24) is 29.8 Å². The van der Waals surface area contributed by atoms with E-state index in [1.54, 1.807) is 4.98 Å². The molecule has 0 aliphatic heterocycles. The Morgan fingerprint density at radius 2 is 1.86 bits per heavy atom. The van der Waals surface area contributed by atoms with Gasteiger partial charge in [0.05, 0.1) is 29.0 Å². The molecule has 0 saturated heterocycles. The van der Waals surface area contributed by atoms with Gasteiger partial charge in [-0.2, -0.15) is 14.5 Å². The first-order valence-corrected chi connectivity index (χ1v) is 14.7. The molecule has 0 radical (unpaired) electrons. The van der Waals surface area contributed by atoms with E-state index in [2.05, 4.69) is 20.1 Å². The second-order valence-corrected chi connectivity index (χ2v) is 12.1. The van der Waals surface area contributed by atoms with E-state index in [1.807, 2.05) is 0 Å². The minimum absolute atomic E-state index is 0.0285. The molecule has 0 bridgehead atoms. The molecule has 2 aliphatic carbocycles. The number of nitrogens with zero attached hydrogens (tertiary/aromatic N) is 3. The number of hydrogen-bond acceptors (Lipinski definition) is 9. The average Bonchev–Trinajstić information content (AvgIpc) is 3.67. The summed E-state index contributed by atoms with van der Waals surface area (Å²) in [6, 6.07) is 3.28. The largest absolute Gasteiger partial charge is 0.494 e. The summed E-state index contributed by atoms with van der Waals surface area (Å²) in [5.41, 5.74) is -5.12. The minimum Gasteiger partial charge on any atom is -0.494 e. The SMILES string of the molecule is COc1cnc(Oc2c(Cl)cc(-n3nc(C(F)F)c(=O)[nH]c3=O)cc2Cl)cc1S(=O)(=O)NC1(C(=O)NC2CCC2)CC1. The standard InChI is InChI=1S/C24H22Cl2F2N6O7S/c1-40-15-10-29-17(9-16(15)42(38,39)33-24(5-6-24)22(36)30-11-3-2-4-11)41-19-13(25)7-12(8-14(19)26)34-23(37)31-21(35)18(32-34)20(27)28/h7-11,20,33H,2-6H2,1H3,(H,30,36)(H,31,35,37). The van der Waals surface area contributed by atoms with Gasteiger partial charge >= 0.3 is 5.69 Å². The molecule has 5 rings (SSSR count). The third-order valence-electron chi connectivity index (χ3n) is 6.76. The Morgan fingerprint density at radius 3 is 2.40 bits per heavy atom. The van der Waals surface area contributed by atoms with E-state index in [1.165, 1.54) is 7.11 Å². The Bertz CT molecular complexity index is 1770. The molecule has 2 aliphatic rings. The van der Waals surface area contributed by atoms with E-state index in [4.69, 9.17) is 32.7 Å². The van der Waals surface area contributed by atoms with Crippen molar-refractivity contribution in [2.45, 2.75) is 55.0 Å². The first-order chi connectivity index (χ1) is 19.8. The summed E-state index contributed by atoms with van der Waals surface area (Å²) in [7, 11) is -3.08. The fraction of sp³-hybridized carbons (Fsp3) is 0.375. The Morgan fingerprint density at radius 1 is 1.19 bits per heavy atom. The van der Waals surface area contributed by atoms with E-state index in [-0.39, 0.29) is 44.0 Å². The van der Waals surface area contributed by atoms with Crippen LogP contribution >= 0.6 is 23.2 Å². The van der Waals surface area contributed by atoms with Crippen molar-refractivity contribution in [1.29, 1.82) is 0 Å². The van der Waals surface area contributed by atoms with Crippen molar-refractivity contribution < 1.29 is 31.5 Å². The van der Waals surface area contributed by atoms with Gasteiger partial charge in [-0.05, 0) is 44.2 Å². The summed E-state index contributed by atoms with van der Waals surface area (Å²) in [6.07, 6.45) is 1.16. The lowest BCUT2D eigenvalue weighted by Crippen LogP contribution is -2.52. The van der Waals surface area contributed by atoms with E-state index < -0.39 is 44.8 Å². The molecule has 2 aromatic heterocycles. The molecule has 3 aromatic rings. The van der Waals surface area contributed by atoms with Crippen LogP contribution in [0, 0.1) is 0 Å². The number of ether oxygens (including phenoxy) is 2. The summed E-state index contributed by atoms with van der Waals surface area (Å²) < 4.78 is 66.8. The van der Waals surface area contributed by atoms with Gasteiger partial charge < -0.3 is 14.8 Å². The predicted octanol–water partition coefficient (Wildman–Crippen LogP) is 2.84. The number of carbonyl (C=O) groups excluding carboxylic acids is 1. The number of hydrogen-bond donors (Lipinski definition) is 3. The quantitative estimate of drug-likeness (QED) is 0.299. The smallest absolute Gasteiger partial charge is 0.349 e. The highest BCUT2D eigenvalue weighted by Crippen LogP contribution is 2.41. The average molecular weight is 647 g/mol. The van der Waals surface area contributed by atoms with Gasteiger partial charge in [-0.25, -0.2) is 27.0 Å². The molecule has 2 saturated carbocycles. The van der Waals surface area contributed by atoms with E-state index in [0.29, 0.717) is 17.5 Å². The van der Waals surface area contributed by atoms with Crippen LogP contribution < -0.4 is 30.8 Å². The van der Waals surface area contributed by atoms with Crippen LogP contribution in [0.5, 0.6) is 17.4 Å². The zero-order valence-corrected chi connectivity index (χ0v) is 23.9. The molecule has 1 amide bonds. The number of H-pyrrole nitrogens is 1. The van der Waals surface area contributed by atoms with Gasteiger partial charge in [0.15, 0.2) is 17.2 Å². The van der Waals surface area contributed by atoms with Crippen LogP contribution in [0.4, 0.5) is 8.78 Å². The molecule has 0 spiro atoms. The van der Waals surface area contributed by atoms with Crippen LogP contribution in [0.1, 0.15) is 44.2 Å². The number of aromatic nitrogens is 4. The van der Waals surface area contributed by atoms with Gasteiger partial charge in [0, 0.05) is 12.1 Å². The number of sulfonamides is 1. The molecule has 18 heteroatoms. The highest BCUT2D eigenvalue weighted by molar-refractivity contribution is 7.89. The zero-order valence-electron chi connectivity index (χ0n) is 21.6. The normalized spacial score (nSPS) is 16.1. The molecular weight excluding hydrogens is 625 g/mol. The highest BCUT2D eigenvalue weighted by atomic mass is 35.5. The molecule has 3 N–H and O–H groups in total. The number of benzene rings is 1. The van der Waals surface area contributed by atoms with Crippen LogP contribution in [0.2, 0.25) is 10.0 Å². The van der Waals surface area contributed by atoms with Gasteiger partial charge in [0.1, 0.15) is 10.4 Å². The lowest BCUT2D eigenvalue weighted by Gasteiger charge is -2.29. The first kappa shape index (κ1) is 29.9. The number of halogens is 4. The topological polar surface area (TPSA) is 174 Å². The zero-order chi connectivity index (χ0) is 30.4. The molecule has 42 heavy (non-hydrogen) atoms. The lowest BCUT2D eigenvalue weighted by atomic mass is 9.93. The fourth-order valence-electron chi connectivity index (χ4n) is 4.12. The third-order valence-corrected chi connectivity index (χ3v) is 8.88. The number of alkyl halides is 2. The summed E-state index contributed by atoms with van der Waals surface area (Å²) in [4.78, 5) is 42.0. The number of rotatable bonds is 10. The molecule has 13 nitrogen and oxygen atoms in total. The van der Waals surface area contributed by atoms with Gasteiger partial charge in [-0.15, -0.1) is 0 Å². The Balaban J connectivity index is 1.43. The second-order valence-electron chi connectivity index (χ2n) is 9.66. The van der Waals surface area contributed by atoms with E-state index in [9.17, 15) is 31.6 Å². The lowest BCUT2D eigenvalue weighted by molar-refractivity contribution is -0.124. The molecule has 2 heterocycles. The monoisotopic (exact) mass is 646 g/mol. The first-order valence-electron chi connectivity index (χ1n) is 12.4. The molecule has 224 valence electrons. The van der Waals surface area contributed by atoms with E-state index >= 15 is 0 Å². The number of carbonyl (C=O) groups is 1. The number of aromatic amines is 1. The summed E-state index contributed by atoms with van der Waals surface area (Å²) in [6.45, 7) is 0. The van der Waals surface area contributed by atoms with Crippen LogP contribution in [-0.2, 0) is 14.8 Å². The number of methoxy groups -OCH3 is 1. The van der Waals surface area contributed by atoms with Crippen molar-refractivity contribution in [3.8, 4) is 23.1 Å². The van der Waals surface area contributed by atoms with Crippen LogP contribution in [0.25, 0.3) is 5.69 Å². The molecule has 0 unspecified atom stereocenters. The molecule has 0 atom stereocenters. The summed E-state index contributed by atoms with van der Waals surface area (Å²) in [5, 5.41) is 5.78. The Hall–Kier alpha value is -3.60. The Kier molecular flexibility index (Phi) is 8.00. The van der Waals surface area contributed by atoms with Crippen LogP contribution in [0.15, 0.2) is 38.9 Å². The van der Waals surface area contributed by atoms with Gasteiger partial charge in [-0.1, -0.05) is 23.2 Å². The minimum atomic E-state index is -4.32. The van der Waals surface area contributed by atoms with Gasteiger partial charge in [-0.3, -0.25) is 14.6 Å². The molecular formula is C24H22Cl2F2N6O7S. The van der Waals surface area contributed by atoms with Crippen molar-refractivity contribution in [3.05, 3.63) is 61.0 Å². The highest BCUT2D eigenvalue weighted by Gasteiger charge is 2.53. The van der Waals surface area contributed by atoms with Crippen molar-refractivity contribution in [2.24, 2.45) is 0 Å². The molecule has 2 fully saturated rings. The van der Waals surface area contributed by atoms with Crippen molar-refractivity contribution >= 4 is 39.1 Å². The van der Waals surface area contributed by atoms with Crippen LogP contribution in [-0.4, -0.2) is 52.8 Å². The number of amides is 1.